The summed E-state index contributed by atoms with van der Waals surface area (Å²) in [5.41, 5.74) is 0.468. The number of hydrogen-bond donors (Lipinski definition) is 0. The molecule has 0 unspecified atom stereocenters. The zero-order valence-corrected chi connectivity index (χ0v) is 13.9. The minimum atomic E-state index is -0.0960. The molecule has 0 radical (unpaired) electrons. The molecule has 1 fully saturated rings. The molecule has 6 nitrogen and oxygen atoms in total. The second-order valence-electron chi connectivity index (χ2n) is 4.65. The molecular weight excluding hydrogens is 354 g/mol. The van der Waals surface area contributed by atoms with E-state index in [1.165, 1.54) is 0 Å². The Kier molecular flexibility index (Phi) is 6.21. The highest BCUT2D eigenvalue weighted by molar-refractivity contribution is 9.10. The lowest BCUT2D eigenvalue weighted by Crippen LogP contribution is -2.43. The third-order valence-electron chi connectivity index (χ3n) is 3.20. The third kappa shape index (κ3) is 4.20. The van der Waals surface area contributed by atoms with Gasteiger partial charge < -0.3 is 19.1 Å². The van der Waals surface area contributed by atoms with Crippen LogP contribution < -0.4 is 9.47 Å². The third-order valence-corrected chi connectivity index (χ3v) is 3.89. The van der Waals surface area contributed by atoms with E-state index >= 15 is 0 Å². The van der Waals surface area contributed by atoms with Crippen molar-refractivity contribution in [3.8, 4) is 11.5 Å². The zero-order chi connectivity index (χ0) is 15.9. The first-order valence-corrected chi connectivity index (χ1v) is 7.84. The first-order chi connectivity index (χ1) is 10.7. The number of carbonyl (C=O) groups excluding carboxylic acids is 2. The van der Waals surface area contributed by atoms with Crippen LogP contribution in [0, 0.1) is 0 Å². The molecule has 1 amide bonds. The Hall–Kier alpha value is -1.60. The number of rotatable bonds is 6. The molecule has 0 bridgehead atoms. The summed E-state index contributed by atoms with van der Waals surface area (Å²) in [6, 6.07) is 3.23. The van der Waals surface area contributed by atoms with Crippen LogP contribution in [0.3, 0.4) is 0 Å². The van der Waals surface area contributed by atoms with Gasteiger partial charge >= 0.3 is 0 Å². The van der Waals surface area contributed by atoms with Crippen LogP contribution in [0.2, 0.25) is 0 Å². The molecule has 2 rings (SSSR count). The van der Waals surface area contributed by atoms with Crippen LogP contribution in [0.15, 0.2) is 16.6 Å². The summed E-state index contributed by atoms with van der Waals surface area (Å²) in [5, 5.41) is 0. The Morgan fingerprint density at radius 3 is 2.64 bits per heavy atom. The highest BCUT2D eigenvalue weighted by Crippen LogP contribution is 2.33. The van der Waals surface area contributed by atoms with Crippen molar-refractivity contribution in [2.75, 3.05) is 39.5 Å². The number of hydrogen-bond acceptors (Lipinski definition) is 5. The minimum Gasteiger partial charge on any atom is -0.490 e. The maximum Gasteiger partial charge on any atom is 0.260 e. The minimum absolute atomic E-state index is 0.0764. The maximum atomic E-state index is 12.1. The van der Waals surface area contributed by atoms with Crippen molar-refractivity contribution in [2.24, 2.45) is 0 Å². The normalized spacial score (nSPS) is 14.5. The van der Waals surface area contributed by atoms with Gasteiger partial charge in [-0.3, -0.25) is 9.59 Å². The molecule has 0 N–H and O–H groups in total. The molecule has 120 valence electrons. The van der Waals surface area contributed by atoms with E-state index in [1.54, 1.807) is 17.0 Å². The van der Waals surface area contributed by atoms with E-state index in [9.17, 15) is 9.59 Å². The van der Waals surface area contributed by atoms with E-state index < -0.39 is 0 Å². The predicted molar refractivity (Wildman–Crippen MR) is 83.6 cm³/mol. The van der Waals surface area contributed by atoms with E-state index in [2.05, 4.69) is 15.9 Å². The molecule has 1 saturated heterocycles. The molecule has 0 aromatic heterocycles. The highest BCUT2D eigenvalue weighted by atomic mass is 79.9. The summed E-state index contributed by atoms with van der Waals surface area (Å²) >= 11 is 3.30. The fourth-order valence-electron chi connectivity index (χ4n) is 2.07. The molecular formula is C15H18BrNO5. The smallest absolute Gasteiger partial charge is 0.260 e. The Bertz CT molecular complexity index is 543. The summed E-state index contributed by atoms with van der Waals surface area (Å²) in [4.78, 5) is 24.8. The molecule has 0 spiro atoms. The van der Waals surface area contributed by atoms with Crippen LogP contribution in [0.5, 0.6) is 11.5 Å². The molecule has 1 aromatic carbocycles. The van der Waals surface area contributed by atoms with E-state index in [-0.39, 0.29) is 12.5 Å². The van der Waals surface area contributed by atoms with Crippen LogP contribution >= 0.6 is 15.9 Å². The van der Waals surface area contributed by atoms with Gasteiger partial charge in [0, 0.05) is 23.1 Å². The van der Waals surface area contributed by atoms with Crippen molar-refractivity contribution in [2.45, 2.75) is 6.92 Å². The lowest BCUT2D eigenvalue weighted by molar-refractivity contribution is -0.137. The van der Waals surface area contributed by atoms with Gasteiger partial charge in [0.15, 0.2) is 24.4 Å². The summed E-state index contributed by atoms with van der Waals surface area (Å²) in [6.45, 7) is 4.46. The van der Waals surface area contributed by atoms with Crippen LogP contribution in [0.1, 0.15) is 17.3 Å². The van der Waals surface area contributed by atoms with Crippen molar-refractivity contribution < 1.29 is 23.8 Å². The Balaban J connectivity index is 2.05. The van der Waals surface area contributed by atoms with Gasteiger partial charge in [0.25, 0.3) is 5.91 Å². The first-order valence-electron chi connectivity index (χ1n) is 7.05. The van der Waals surface area contributed by atoms with Crippen molar-refractivity contribution in [1.82, 2.24) is 4.90 Å². The predicted octanol–water partition coefficient (Wildman–Crippen LogP) is 1.90. The van der Waals surface area contributed by atoms with Crippen LogP contribution in [-0.2, 0) is 9.53 Å². The van der Waals surface area contributed by atoms with Gasteiger partial charge in [-0.15, -0.1) is 0 Å². The average molecular weight is 372 g/mol. The van der Waals surface area contributed by atoms with E-state index in [0.717, 1.165) is 6.29 Å². The van der Waals surface area contributed by atoms with Gasteiger partial charge in [0.2, 0.25) is 0 Å². The summed E-state index contributed by atoms with van der Waals surface area (Å²) in [5.74, 6) is 0.782. The number of halogens is 1. The van der Waals surface area contributed by atoms with Gasteiger partial charge in [-0.2, -0.15) is 0 Å². The van der Waals surface area contributed by atoms with E-state index in [1.807, 2.05) is 6.92 Å². The molecule has 22 heavy (non-hydrogen) atoms. The quantitative estimate of drug-likeness (QED) is 0.714. The van der Waals surface area contributed by atoms with Crippen molar-refractivity contribution in [1.29, 1.82) is 0 Å². The van der Waals surface area contributed by atoms with Crippen LogP contribution in [-0.4, -0.2) is 56.6 Å². The van der Waals surface area contributed by atoms with Crippen molar-refractivity contribution in [3.05, 3.63) is 22.2 Å². The topological polar surface area (TPSA) is 65.1 Å². The number of nitrogens with zero attached hydrogens (tertiary/aromatic N) is 1. The molecule has 1 aliphatic heterocycles. The fraction of sp³-hybridized carbons (Fsp3) is 0.467. The molecule has 1 heterocycles. The van der Waals surface area contributed by atoms with Gasteiger partial charge in [0.05, 0.1) is 19.8 Å². The Morgan fingerprint density at radius 1 is 1.32 bits per heavy atom. The van der Waals surface area contributed by atoms with Crippen LogP contribution in [0.25, 0.3) is 0 Å². The monoisotopic (exact) mass is 371 g/mol. The zero-order valence-electron chi connectivity index (χ0n) is 12.3. The summed E-state index contributed by atoms with van der Waals surface area (Å²) in [7, 11) is 0. The van der Waals surface area contributed by atoms with Gasteiger partial charge in [-0.05, 0) is 35.0 Å². The van der Waals surface area contributed by atoms with E-state index in [0.29, 0.717) is 54.4 Å². The lowest BCUT2D eigenvalue weighted by Gasteiger charge is -2.26. The Labute approximate surface area is 137 Å². The number of carbonyl (C=O) groups is 2. The first kappa shape index (κ1) is 16.8. The number of aldehydes is 1. The highest BCUT2D eigenvalue weighted by Gasteiger charge is 2.18. The largest absolute Gasteiger partial charge is 0.490 e. The molecule has 0 atom stereocenters. The Morgan fingerprint density at radius 2 is 2.00 bits per heavy atom. The number of morpholine rings is 1. The van der Waals surface area contributed by atoms with Crippen molar-refractivity contribution >= 4 is 28.1 Å². The molecule has 1 aromatic rings. The number of amides is 1. The molecule has 0 saturated carbocycles. The molecule has 1 aliphatic rings. The van der Waals surface area contributed by atoms with Gasteiger partial charge in [-0.1, -0.05) is 0 Å². The van der Waals surface area contributed by atoms with Gasteiger partial charge in [0.1, 0.15) is 0 Å². The summed E-state index contributed by atoms with van der Waals surface area (Å²) in [6.07, 6.45) is 0.731. The standard InChI is InChI=1S/C15H18BrNO5/c1-2-21-13-7-11(9-18)12(16)8-14(13)22-10-15(19)17-3-5-20-6-4-17/h7-9H,2-6,10H2,1H3. The fourth-order valence-corrected chi connectivity index (χ4v) is 2.48. The maximum absolute atomic E-state index is 12.1. The van der Waals surface area contributed by atoms with E-state index in [4.69, 9.17) is 14.2 Å². The van der Waals surface area contributed by atoms with Gasteiger partial charge in [-0.25, -0.2) is 0 Å². The second-order valence-corrected chi connectivity index (χ2v) is 5.51. The number of ether oxygens (including phenoxy) is 3. The summed E-state index contributed by atoms with van der Waals surface area (Å²) < 4.78 is 16.9. The molecule has 7 heteroatoms. The second kappa shape index (κ2) is 8.14. The lowest BCUT2D eigenvalue weighted by atomic mass is 10.2. The van der Waals surface area contributed by atoms with Crippen molar-refractivity contribution in [3.63, 3.8) is 0 Å². The SMILES string of the molecule is CCOc1cc(C=O)c(Br)cc1OCC(=O)N1CCOCC1. The number of benzene rings is 1. The average Bonchev–Trinajstić information content (AvgIpc) is 2.55. The van der Waals surface area contributed by atoms with Crippen LogP contribution in [0.4, 0.5) is 0 Å². The molecule has 0 aliphatic carbocycles.